The van der Waals surface area contributed by atoms with Gasteiger partial charge in [-0.1, -0.05) is 53.7 Å². The van der Waals surface area contributed by atoms with Gasteiger partial charge in [-0.15, -0.1) is 5.10 Å². The van der Waals surface area contributed by atoms with E-state index in [0.717, 1.165) is 22.0 Å². The van der Waals surface area contributed by atoms with Crippen molar-refractivity contribution in [1.29, 1.82) is 0 Å². The number of pyridine rings is 2. The molecule has 3 aromatic carbocycles. The van der Waals surface area contributed by atoms with Gasteiger partial charge in [0.1, 0.15) is 11.3 Å². The first-order valence-corrected chi connectivity index (χ1v) is 11.8. The van der Waals surface area contributed by atoms with Gasteiger partial charge in [0.15, 0.2) is 5.65 Å². The lowest BCUT2D eigenvalue weighted by molar-refractivity contribution is 0.0947. The van der Waals surface area contributed by atoms with Crippen molar-refractivity contribution in [2.24, 2.45) is 0 Å². The van der Waals surface area contributed by atoms with Crippen LogP contribution in [0.5, 0.6) is 0 Å². The molecule has 1 amide bonds. The second kappa shape index (κ2) is 9.58. The molecule has 0 aliphatic carbocycles. The molecule has 0 radical (unpaired) electrons. The van der Waals surface area contributed by atoms with Crippen molar-refractivity contribution in [2.75, 3.05) is 0 Å². The van der Waals surface area contributed by atoms with E-state index in [0.29, 0.717) is 35.5 Å². The van der Waals surface area contributed by atoms with Crippen molar-refractivity contribution in [1.82, 2.24) is 30.3 Å². The van der Waals surface area contributed by atoms with Crippen molar-refractivity contribution in [3.8, 4) is 11.3 Å². The number of rotatable bonds is 6. The highest BCUT2D eigenvalue weighted by molar-refractivity contribution is 5.95. The molecule has 0 atom stereocenters. The van der Waals surface area contributed by atoms with E-state index in [2.05, 4.69) is 26.7 Å². The Labute approximate surface area is 211 Å². The Morgan fingerprint density at radius 2 is 1.73 bits per heavy atom. The minimum absolute atomic E-state index is 0.0155. The summed E-state index contributed by atoms with van der Waals surface area (Å²) in [6.45, 7) is 0.802. The van der Waals surface area contributed by atoms with Gasteiger partial charge in [0.05, 0.1) is 23.3 Å². The molecular weight excluding hydrogens is 467 g/mol. The molecule has 0 fully saturated rings. The molecule has 0 spiro atoms. The van der Waals surface area contributed by atoms with Crippen molar-refractivity contribution in [3.05, 3.63) is 120 Å². The fourth-order valence-corrected chi connectivity index (χ4v) is 4.25. The summed E-state index contributed by atoms with van der Waals surface area (Å²) in [4.78, 5) is 21.6. The molecule has 3 heterocycles. The Kier molecular flexibility index (Phi) is 5.82. The van der Waals surface area contributed by atoms with Crippen LogP contribution in [0.3, 0.4) is 0 Å². The van der Waals surface area contributed by atoms with Gasteiger partial charge < -0.3 is 5.32 Å². The van der Waals surface area contributed by atoms with Crippen molar-refractivity contribution in [3.63, 3.8) is 0 Å². The van der Waals surface area contributed by atoms with Crippen molar-refractivity contribution < 1.29 is 9.18 Å². The summed E-state index contributed by atoms with van der Waals surface area (Å²) >= 11 is 0. The first-order chi connectivity index (χ1) is 18.1. The van der Waals surface area contributed by atoms with Crippen molar-refractivity contribution >= 4 is 28.0 Å². The molecule has 0 saturated carbocycles. The fourth-order valence-electron chi connectivity index (χ4n) is 4.25. The molecule has 37 heavy (non-hydrogen) atoms. The summed E-state index contributed by atoms with van der Waals surface area (Å²) in [5, 5.41) is 12.3. The third-order valence-corrected chi connectivity index (χ3v) is 6.16. The molecule has 6 aromatic rings. The van der Waals surface area contributed by atoms with Gasteiger partial charge in [-0.25, -0.2) is 14.1 Å². The summed E-state index contributed by atoms with van der Waals surface area (Å²) in [7, 11) is 0. The van der Waals surface area contributed by atoms with E-state index in [9.17, 15) is 9.18 Å². The Bertz CT molecular complexity index is 1750. The zero-order chi connectivity index (χ0) is 25.2. The number of halogens is 1. The molecular formula is C29H21FN6O. The van der Waals surface area contributed by atoms with E-state index >= 15 is 0 Å². The number of aromatic nitrogens is 5. The Hall–Kier alpha value is -4.98. The molecule has 1 N–H and O–H groups in total. The maximum absolute atomic E-state index is 14.9. The lowest BCUT2D eigenvalue weighted by atomic mass is 10.1. The first-order valence-electron chi connectivity index (χ1n) is 11.8. The molecule has 180 valence electrons. The van der Waals surface area contributed by atoms with Crippen LogP contribution in [0.15, 0.2) is 97.2 Å². The highest BCUT2D eigenvalue weighted by Crippen LogP contribution is 2.23. The normalized spacial score (nSPS) is 11.2. The summed E-state index contributed by atoms with van der Waals surface area (Å²) < 4.78 is 16.7. The summed E-state index contributed by atoms with van der Waals surface area (Å²) in [5.41, 5.74) is 5.25. The average Bonchev–Trinajstić information content (AvgIpc) is 3.34. The van der Waals surface area contributed by atoms with Crippen LogP contribution in [0.25, 0.3) is 33.3 Å². The summed E-state index contributed by atoms with van der Waals surface area (Å²) in [5.74, 6) is -1.08. The zero-order valence-corrected chi connectivity index (χ0v) is 19.7. The SMILES string of the molecule is O=C(NCc1ccccc1)c1ccc(-c2ccc3nnn(Cc4ccc5ncccc5c4)c3n2)cc1F. The number of carbonyl (C=O) groups is 1. The highest BCUT2D eigenvalue weighted by atomic mass is 19.1. The molecule has 0 unspecified atom stereocenters. The molecule has 6 rings (SSSR count). The van der Waals surface area contributed by atoms with Crippen LogP contribution in [0.1, 0.15) is 21.5 Å². The van der Waals surface area contributed by atoms with Crippen LogP contribution >= 0.6 is 0 Å². The Morgan fingerprint density at radius 3 is 2.59 bits per heavy atom. The van der Waals surface area contributed by atoms with Gasteiger partial charge in [0, 0.05) is 23.7 Å². The minimum atomic E-state index is -0.610. The minimum Gasteiger partial charge on any atom is -0.348 e. The second-order valence-corrected chi connectivity index (χ2v) is 8.68. The molecule has 8 heteroatoms. The predicted molar refractivity (Wildman–Crippen MR) is 139 cm³/mol. The average molecular weight is 489 g/mol. The number of nitrogens with zero attached hydrogens (tertiary/aromatic N) is 5. The summed E-state index contributed by atoms with van der Waals surface area (Å²) in [6, 6.07) is 27.5. The largest absolute Gasteiger partial charge is 0.348 e. The van der Waals surface area contributed by atoms with E-state index < -0.39 is 11.7 Å². The van der Waals surface area contributed by atoms with Gasteiger partial charge in [-0.3, -0.25) is 9.78 Å². The lowest BCUT2D eigenvalue weighted by Crippen LogP contribution is -2.23. The number of hydrogen-bond donors (Lipinski definition) is 1. The van der Waals surface area contributed by atoms with E-state index in [1.54, 1.807) is 23.0 Å². The third kappa shape index (κ3) is 4.64. The Balaban J connectivity index is 1.24. The molecule has 7 nitrogen and oxygen atoms in total. The van der Waals surface area contributed by atoms with Crippen LogP contribution in [0.2, 0.25) is 0 Å². The molecule has 0 aliphatic heterocycles. The van der Waals surface area contributed by atoms with Gasteiger partial charge in [0.2, 0.25) is 0 Å². The molecule has 0 aliphatic rings. The maximum Gasteiger partial charge on any atom is 0.254 e. The lowest BCUT2D eigenvalue weighted by Gasteiger charge is -2.08. The van der Waals surface area contributed by atoms with Gasteiger partial charge in [-0.2, -0.15) is 0 Å². The van der Waals surface area contributed by atoms with Gasteiger partial charge in [0.25, 0.3) is 5.91 Å². The standard InChI is InChI=1S/C29H21FN6O/c30-24-16-22(9-10-23(24)29(37)32-17-19-5-2-1-3-6-19)26-12-13-27-28(33-26)36(35-34-27)18-20-8-11-25-21(15-20)7-4-14-31-25/h1-16H,17-18H2,(H,32,37). The van der Waals surface area contributed by atoms with Crippen molar-refractivity contribution in [2.45, 2.75) is 13.1 Å². The number of hydrogen-bond acceptors (Lipinski definition) is 5. The van der Waals surface area contributed by atoms with Crippen LogP contribution < -0.4 is 5.32 Å². The van der Waals surface area contributed by atoms with E-state index in [-0.39, 0.29) is 5.56 Å². The molecule has 3 aromatic heterocycles. The fraction of sp³-hybridized carbons (Fsp3) is 0.0690. The Morgan fingerprint density at radius 1 is 0.865 bits per heavy atom. The molecule has 0 bridgehead atoms. The van der Waals surface area contributed by atoms with Gasteiger partial charge >= 0.3 is 0 Å². The van der Waals surface area contributed by atoms with Crippen LogP contribution in [0, 0.1) is 5.82 Å². The third-order valence-electron chi connectivity index (χ3n) is 6.16. The number of amides is 1. The maximum atomic E-state index is 14.9. The van der Waals surface area contributed by atoms with Crippen LogP contribution in [-0.4, -0.2) is 30.9 Å². The highest BCUT2D eigenvalue weighted by Gasteiger charge is 2.15. The van der Waals surface area contributed by atoms with Crippen LogP contribution in [0.4, 0.5) is 4.39 Å². The predicted octanol–water partition coefficient (Wildman–Crippen LogP) is 5.16. The zero-order valence-electron chi connectivity index (χ0n) is 19.7. The number of nitrogens with one attached hydrogen (secondary N) is 1. The second-order valence-electron chi connectivity index (χ2n) is 8.68. The first kappa shape index (κ1) is 22.5. The monoisotopic (exact) mass is 488 g/mol. The number of fused-ring (bicyclic) bond motifs is 2. The van der Waals surface area contributed by atoms with E-state index in [1.165, 1.54) is 12.1 Å². The van der Waals surface area contributed by atoms with E-state index in [1.807, 2.05) is 60.7 Å². The quantitative estimate of drug-likeness (QED) is 0.350. The smallest absolute Gasteiger partial charge is 0.254 e. The van der Waals surface area contributed by atoms with E-state index in [4.69, 9.17) is 4.98 Å². The number of carbonyl (C=O) groups excluding carboxylic acids is 1. The number of benzene rings is 3. The molecule has 0 saturated heterocycles. The van der Waals surface area contributed by atoms with Crippen LogP contribution in [-0.2, 0) is 13.1 Å². The summed E-state index contributed by atoms with van der Waals surface area (Å²) in [6.07, 6.45) is 1.77. The van der Waals surface area contributed by atoms with Gasteiger partial charge in [-0.05, 0) is 53.6 Å². The topological polar surface area (TPSA) is 85.6 Å².